The number of rotatable bonds is 6. The number of para-hydroxylation sites is 1. The van der Waals surface area contributed by atoms with Crippen molar-refractivity contribution in [3.05, 3.63) is 42.5 Å². The van der Waals surface area contributed by atoms with Crippen molar-refractivity contribution in [3.63, 3.8) is 0 Å². The summed E-state index contributed by atoms with van der Waals surface area (Å²) in [6.45, 7) is 1.80. The normalized spacial score (nSPS) is 20.5. The number of amides is 1. The molecule has 6 nitrogen and oxygen atoms in total. The molecular formula is C19H24N4O2. The Hall–Kier alpha value is -2.37. The third-order valence-electron chi connectivity index (χ3n) is 5.02. The predicted octanol–water partition coefficient (Wildman–Crippen LogP) is 2.82. The summed E-state index contributed by atoms with van der Waals surface area (Å²) >= 11 is 0. The highest BCUT2D eigenvalue weighted by molar-refractivity contribution is 5.78. The molecule has 2 aliphatic rings. The van der Waals surface area contributed by atoms with Crippen LogP contribution in [-0.4, -0.2) is 38.7 Å². The second-order valence-corrected chi connectivity index (χ2v) is 6.99. The van der Waals surface area contributed by atoms with Gasteiger partial charge in [-0.1, -0.05) is 18.2 Å². The van der Waals surface area contributed by atoms with Gasteiger partial charge in [-0.25, -0.2) is 0 Å². The molecule has 4 rings (SSSR count). The first kappa shape index (κ1) is 16.1. The summed E-state index contributed by atoms with van der Waals surface area (Å²) in [5.74, 6) is 2.43. The molecule has 1 amide bonds. The quantitative estimate of drug-likeness (QED) is 0.811. The molecule has 0 spiro atoms. The molecule has 0 unspecified atom stereocenters. The monoisotopic (exact) mass is 340 g/mol. The second-order valence-electron chi connectivity index (χ2n) is 6.99. The van der Waals surface area contributed by atoms with E-state index in [1.165, 1.54) is 12.8 Å². The molecule has 1 aliphatic heterocycles. The zero-order chi connectivity index (χ0) is 17.1. The fourth-order valence-corrected chi connectivity index (χ4v) is 3.48. The van der Waals surface area contributed by atoms with Crippen molar-refractivity contribution in [2.24, 2.45) is 5.92 Å². The highest BCUT2D eigenvalue weighted by Gasteiger charge is 2.32. The van der Waals surface area contributed by atoms with E-state index in [4.69, 9.17) is 4.74 Å². The van der Waals surface area contributed by atoms with E-state index < -0.39 is 0 Å². The van der Waals surface area contributed by atoms with Gasteiger partial charge in [0, 0.05) is 13.1 Å². The third kappa shape index (κ3) is 3.83. The molecule has 25 heavy (non-hydrogen) atoms. The standard InChI is InChI=1S/C19H24N4O2/c24-18(13-25-16-6-2-1-3-7-16)23-11-5-4-8-17(23)19-21-20-14-22(19)12-15-9-10-15/h1-3,6-7,14-15,17H,4-5,8-13H2/t17-/m0/s1. The van der Waals surface area contributed by atoms with Crippen LogP contribution in [-0.2, 0) is 11.3 Å². The van der Waals surface area contributed by atoms with Gasteiger partial charge in [-0.2, -0.15) is 0 Å². The van der Waals surface area contributed by atoms with E-state index in [-0.39, 0.29) is 18.6 Å². The van der Waals surface area contributed by atoms with Gasteiger partial charge in [0.15, 0.2) is 12.4 Å². The lowest BCUT2D eigenvalue weighted by molar-refractivity contribution is -0.137. The number of carbonyl (C=O) groups is 1. The first-order valence-electron chi connectivity index (χ1n) is 9.16. The molecule has 0 N–H and O–H groups in total. The Morgan fingerprint density at radius 1 is 1.16 bits per heavy atom. The molecule has 132 valence electrons. The summed E-state index contributed by atoms with van der Waals surface area (Å²) in [5.41, 5.74) is 0. The van der Waals surface area contributed by atoms with Crippen molar-refractivity contribution in [3.8, 4) is 5.75 Å². The van der Waals surface area contributed by atoms with Gasteiger partial charge >= 0.3 is 0 Å². The van der Waals surface area contributed by atoms with Crippen LogP contribution in [0.15, 0.2) is 36.7 Å². The Kier molecular flexibility index (Phi) is 4.68. The fourth-order valence-electron chi connectivity index (χ4n) is 3.48. The second kappa shape index (κ2) is 7.25. The van der Waals surface area contributed by atoms with Crippen LogP contribution in [0, 0.1) is 5.92 Å². The van der Waals surface area contributed by atoms with E-state index in [1.807, 2.05) is 41.6 Å². The van der Waals surface area contributed by atoms with E-state index in [0.29, 0.717) is 0 Å². The topological polar surface area (TPSA) is 60.2 Å². The Morgan fingerprint density at radius 3 is 2.80 bits per heavy atom. The maximum atomic E-state index is 12.8. The van der Waals surface area contributed by atoms with Crippen molar-refractivity contribution in [2.75, 3.05) is 13.2 Å². The summed E-state index contributed by atoms with van der Waals surface area (Å²) in [7, 11) is 0. The molecule has 2 aromatic rings. The van der Waals surface area contributed by atoms with Crippen molar-refractivity contribution >= 4 is 5.91 Å². The number of hydrogen-bond donors (Lipinski definition) is 0. The van der Waals surface area contributed by atoms with E-state index in [2.05, 4.69) is 14.8 Å². The minimum Gasteiger partial charge on any atom is -0.484 e. The summed E-state index contributed by atoms with van der Waals surface area (Å²) in [5, 5.41) is 8.46. The van der Waals surface area contributed by atoms with Crippen LogP contribution in [0.3, 0.4) is 0 Å². The number of benzene rings is 1. The molecule has 1 atom stereocenters. The van der Waals surface area contributed by atoms with Gasteiger partial charge in [-0.05, 0) is 50.2 Å². The van der Waals surface area contributed by atoms with Crippen LogP contribution in [0.2, 0.25) is 0 Å². The van der Waals surface area contributed by atoms with Crippen LogP contribution in [0.1, 0.15) is 44.0 Å². The molecule has 1 saturated heterocycles. The Labute approximate surface area is 147 Å². The van der Waals surface area contributed by atoms with Crippen LogP contribution in [0.5, 0.6) is 5.75 Å². The van der Waals surface area contributed by atoms with E-state index in [9.17, 15) is 4.79 Å². The fraction of sp³-hybridized carbons (Fsp3) is 0.526. The van der Waals surface area contributed by atoms with Crippen LogP contribution in [0.4, 0.5) is 0 Å². The van der Waals surface area contributed by atoms with Gasteiger partial charge in [0.1, 0.15) is 12.1 Å². The Balaban J connectivity index is 1.45. The molecule has 0 radical (unpaired) electrons. The van der Waals surface area contributed by atoms with Gasteiger partial charge in [-0.15, -0.1) is 10.2 Å². The van der Waals surface area contributed by atoms with Gasteiger partial charge < -0.3 is 14.2 Å². The predicted molar refractivity (Wildman–Crippen MR) is 93.0 cm³/mol. The summed E-state index contributed by atoms with van der Waals surface area (Å²) in [4.78, 5) is 14.7. The molecule has 6 heteroatoms. The van der Waals surface area contributed by atoms with Crippen molar-refractivity contribution in [2.45, 2.75) is 44.7 Å². The molecule has 2 heterocycles. The molecule has 1 saturated carbocycles. The van der Waals surface area contributed by atoms with Gasteiger partial charge in [0.25, 0.3) is 5.91 Å². The number of piperidine rings is 1. The lowest BCUT2D eigenvalue weighted by atomic mass is 10.0. The van der Waals surface area contributed by atoms with Gasteiger partial charge in [0.2, 0.25) is 0 Å². The first-order valence-corrected chi connectivity index (χ1v) is 9.16. The van der Waals surface area contributed by atoms with Crippen LogP contribution in [0.25, 0.3) is 0 Å². The average molecular weight is 340 g/mol. The highest BCUT2D eigenvalue weighted by atomic mass is 16.5. The maximum Gasteiger partial charge on any atom is 0.261 e. The number of aromatic nitrogens is 3. The smallest absolute Gasteiger partial charge is 0.261 e. The minimum absolute atomic E-state index is 0.0156. The number of ether oxygens (including phenoxy) is 1. The van der Waals surface area contributed by atoms with Gasteiger partial charge in [-0.3, -0.25) is 4.79 Å². The minimum atomic E-state index is 0.0156. The molecule has 1 aromatic heterocycles. The van der Waals surface area contributed by atoms with E-state index in [1.54, 1.807) is 0 Å². The van der Waals surface area contributed by atoms with Crippen molar-refractivity contribution in [1.82, 2.24) is 19.7 Å². The lowest BCUT2D eigenvalue weighted by Gasteiger charge is -2.35. The Morgan fingerprint density at radius 2 is 2.00 bits per heavy atom. The average Bonchev–Trinajstić information content (AvgIpc) is 3.36. The van der Waals surface area contributed by atoms with E-state index >= 15 is 0 Å². The largest absolute Gasteiger partial charge is 0.484 e. The Bertz CT molecular complexity index is 711. The van der Waals surface area contributed by atoms with Crippen LogP contribution >= 0.6 is 0 Å². The SMILES string of the molecule is O=C(COc1ccccc1)N1CCCC[C@H]1c1nncn1CC1CC1. The third-order valence-corrected chi connectivity index (χ3v) is 5.02. The summed E-state index contributed by atoms with van der Waals surface area (Å²) < 4.78 is 7.80. The number of hydrogen-bond acceptors (Lipinski definition) is 4. The molecule has 1 aromatic carbocycles. The molecule has 0 bridgehead atoms. The highest BCUT2D eigenvalue weighted by Crippen LogP contribution is 2.34. The zero-order valence-electron chi connectivity index (χ0n) is 14.4. The molecule has 1 aliphatic carbocycles. The van der Waals surface area contributed by atoms with Crippen molar-refractivity contribution in [1.29, 1.82) is 0 Å². The molecular weight excluding hydrogens is 316 g/mol. The first-order chi connectivity index (χ1) is 12.3. The maximum absolute atomic E-state index is 12.8. The summed E-state index contributed by atoms with van der Waals surface area (Å²) in [6, 6.07) is 9.50. The van der Waals surface area contributed by atoms with Gasteiger partial charge in [0.05, 0.1) is 6.04 Å². The van der Waals surface area contributed by atoms with Crippen molar-refractivity contribution < 1.29 is 9.53 Å². The number of likely N-dealkylation sites (tertiary alicyclic amines) is 1. The van der Waals surface area contributed by atoms with Crippen LogP contribution < -0.4 is 4.74 Å². The summed E-state index contributed by atoms with van der Waals surface area (Å²) in [6.07, 6.45) is 7.48. The zero-order valence-corrected chi connectivity index (χ0v) is 14.4. The lowest BCUT2D eigenvalue weighted by Crippen LogP contribution is -2.42. The molecule has 2 fully saturated rings. The number of nitrogens with zero attached hydrogens (tertiary/aromatic N) is 4. The van der Waals surface area contributed by atoms with E-state index in [0.717, 1.165) is 49.8 Å². The number of carbonyl (C=O) groups excluding carboxylic acids is 1.